The van der Waals surface area contributed by atoms with Gasteiger partial charge in [-0.05, 0) is 13.0 Å². The van der Waals surface area contributed by atoms with Crippen LogP contribution >= 0.6 is 11.5 Å². The second-order valence-electron chi connectivity index (χ2n) is 3.77. The minimum absolute atomic E-state index is 0.318. The second-order valence-corrected chi connectivity index (χ2v) is 4.52. The highest BCUT2D eigenvalue weighted by Gasteiger charge is 2.07. The Labute approximate surface area is 115 Å². The first-order valence-corrected chi connectivity index (χ1v) is 6.43. The van der Waals surface area contributed by atoms with Crippen molar-refractivity contribution in [2.45, 2.75) is 13.5 Å². The fourth-order valence-corrected chi connectivity index (χ4v) is 2.08. The van der Waals surface area contributed by atoms with Gasteiger partial charge in [0.2, 0.25) is 5.13 Å². The molecule has 100 valence electrons. The average Bonchev–Trinajstić information content (AvgIpc) is 2.82. The van der Waals surface area contributed by atoms with Gasteiger partial charge < -0.3 is 10.1 Å². The molecule has 2 amide bonds. The van der Waals surface area contributed by atoms with Crippen LogP contribution in [0.3, 0.4) is 0 Å². The summed E-state index contributed by atoms with van der Waals surface area (Å²) in [6.45, 7) is 2.15. The van der Waals surface area contributed by atoms with E-state index in [0.717, 1.165) is 22.8 Å². The lowest BCUT2D eigenvalue weighted by atomic mass is 10.2. The Morgan fingerprint density at radius 3 is 2.89 bits per heavy atom. The molecule has 6 nitrogen and oxygen atoms in total. The smallest absolute Gasteiger partial charge is 0.321 e. The van der Waals surface area contributed by atoms with E-state index in [1.807, 2.05) is 24.3 Å². The first-order chi connectivity index (χ1) is 9.19. The van der Waals surface area contributed by atoms with Gasteiger partial charge in [-0.2, -0.15) is 4.37 Å². The maximum Gasteiger partial charge on any atom is 0.321 e. The molecule has 0 aliphatic carbocycles. The minimum Gasteiger partial charge on any atom is -0.496 e. The summed E-state index contributed by atoms with van der Waals surface area (Å²) < 4.78 is 9.19. The summed E-state index contributed by atoms with van der Waals surface area (Å²) >= 11 is 1.15. The van der Waals surface area contributed by atoms with Crippen molar-refractivity contribution in [1.29, 1.82) is 0 Å². The number of ether oxygens (including phenoxy) is 1. The maximum absolute atomic E-state index is 11.7. The third-order valence-corrected chi connectivity index (χ3v) is 3.10. The summed E-state index contributed by atoms with van der Waals surface area (Å²) in [4.78, 5) is 15.7. The van der Waals surface area contributed by atoms with Gasteiger partial charge in [0.1, 0.15) is 11.6 Å². The summed E-state index contributed by atoms with van der Waals surface area (Å²) in [5.74, 6) is 1.39. The van der Waals surface area contributed by atoms with Crippen LogP contribution < -0.4 is 15.4 Å². The topological polar surface area (TPSA) is 76.1 Å². The van der Waals surface area contributed by atoms with E-state index in [-0.39, 0.29) is 6.03 Å². The summed E-state index contributed by atoms with van der Waals surface area (Å²) in [5.41, 5.74) is 0.911. The lowest BCUT2D eigenvalue weighted by Gasteiger charge is -2.09. The van der Waals surface area contributed by atoms with Crippen molar-refractivity contribution in [3.8, 4) is 5.75 Å². The molecule has 1 aromatic carbocycles. The van der Waals surface area contributed by atoms with Crippen LogP contribution in [-0.4, -0.2) is 22.5 Å². The Bertz CT molecular complexity index is 570. The predicted octanol–water partition coefficient (Wildman–Crippen LogP) is 2.18. The van der Waals surface area contributed by atoms with Crippen LogP contribution in [0.5, 0.6) is 5.75 Å². The molecule has 0 saturated carbocycles. The van der Waals surface area contributed by atoms with E-state index in [9.17, 15) is 4.79 Å². The summed E-state index contributed by atoms with van der Waals surface area (Å²) in [7, 11) is 1.60. The zero-order chi connectivity index (χ0) is 13.7. The third kappa shape index (κ3) is 3.65. The van der Waals surface area contributed by atoms with Crippen LogP contribution in [-0.2, 0) is 6.54 Å². The monoisotopic (exact) mass is 278 g/mol. The highest BCUT2D eigenvalue weighted by Crippen LogP contribution is 2.16. The fourth-order valence-electron chi connectivity index (χ4n) is 1.51. The number of aryl methyl sites for hydroxylation is 1. The molecular formula is C12H14N4O2S. The van der Waals surface area contributed by atoms with Crippen molar-refractivity contribution >= 4 is 22.7 Å². The standard InChI is InChI=1S/C12H14N4O2S/c1-8-14-12(19-16-8)15-11(17)13-7-9-5-3-4-6-10(9)18-2/h3-6H,7H2,1-2H3,(H2,13,14,15,16,17). The number of benzene rings is 1. The van der Waals surface area contributed by atoms with Crippen LogP contribution in [0, 0.1) is 6.92 Å². The highest BCUT2D eigenvalue weighted by molar-refractivity contribution is 7.09. The number of methoxy groups -OCH3 is 1. The van der Waals surface area contributed by atoms with Crippen molar-refractivity contribution < 1.29 is 9.53 Å². The normalized spacial score (nSPS) is 10.0. The highest BCUT2D eigenvalue weighted by atomic mass is 32.1. The number of amides is 2. The van der Waals surface area contributed by atoms with Crippen molar-refractivity contribution in [1.82, 2.24) is 14.7 Å². The molecule has 0 saturated heterocycles. The van der Waals surface area contributed by atoms with E-state index in [2.05, 4.69) is 20.0 Å². The largest absolute Gasteiger partial charge is 0.496 e. The number of aromatic nitrogens is 2. The van der Waals surface area contributed by atoms with Gasteiger partial charge in [0.25, 0.3) is 0 Å². The Hall–Kier alpha value is -2.15. The zero-order valence-electron chi connectivity index (χ0n) is 10.6. The van der Waals surface area contributed by atoms with E-state index >= 15 is 0 Å². The van der Waals surface area contributed by atoms with Crippen LogP contribution in [0.15, 0.2) is 24.3 Å². The van der Waals surface area contributed by atoms with Crippen molar-refractivity contribution in [3.63, 3.8) is 0 Å². The first kappa shape index (κ1) is 13.3. The fraction of sp³-hybridized carbons (Fsp3) is 0.250. The van der Waals surface area contributed by atoms with Crippen LogP contribution in [0.4, 0.5) is 9.93 Å². The van der Waals surface area contributed by atoms with E-state index < -0.39 is 0 Å². The number of carbonyl (C=O) groups excluding carboxylic acids is 1. The third-order valence-electron chi connectivity index (χ3n) is 2.38. The number of hydrogen-bond donors (Lipinski definition) is 2. The molecule has 0 atom stereocenters. The van der Waals surface area contributed by atoms with Gasteiger partial charge >= 0.3 is 6.03 Å². The van der Waals surface area contributed by atoms with Gasteiger partial charge in [-0.15, -0.1) is 0 Å². The van der Waals surface area contributed by atoms with Crippen LogP contribution in [0.25, 0.3) is 0 Å². The summed E-state index contributed by atoms with van der Waals surface area (Å²) in [6.07, 6.45) is 0. The van der Waals surface area contributed by atoms with E-state index in [1.165, 1.54) is 0 Å². The molecule has 7 heteroatoms. The molecule has 0 aliphatic heterocycles. The average molecular weight is 278 g/mol. The van der Waals surface area contributed by atoms with Gasteiger partial charge in [-0.1, -0.05) is 18.2 Å². The molecule has 0 bridgehead atoms. The van der Waals surface area contributed by atoms with E-state index in [0.29, 0.717) is 17.5 Å². The first-order valence-electron chi connectivity index (χ1n) is 5.66. The molecule has 0 spiro atoms. The van der Waals surface area contributed by atoms with Crippen molar-refractivity contribution in [2.75, 3.05) is 12.4 Å². The van der Waals surface area contributed by atoms with Crippen molar-refractivity contribution in [3.05, 3.63) is 35.7 Å². The number of hydrogen-bond acceptors (Lipinski definition) is 5. The minimum atomic E-state index is -0.318. The van der Waals surface area contributed by atoms with Crippen LogP contribution in [0.1, 0.15) is 11.4 Å². The second kappa shape index (κ2) is 6.14. The molecule has 19 heavy (non-hydrogen) atoms. The molecule has 2 rings (SSSR count). The van der Waals surface area contributed by atoms with Gasteiger partial charge in [-0.3, -0.25) is 5.32 Å². The molecule has 2 N–H and O–H groups in total. The maximum atomic E-state index is 11.7. The zero-order valence-corrected chi connectivity index (χ0v) is 11.5. The quantitative estimate of drug-likeness (QED) is 0.898. The van der Waals surface area contributed by atoms with Gasteiger partial charge in [0.15, 0.2) is 0 Å². The van der Waals surface area contributed by atoms with E-state index in [4.69, 9.17) is 4.74 Å². The molecule has 0 radical (unpaired) electrons. The Kier molecular flexibility index (Phi) is 4.30. The lowest BCUT2D eigenvalue weighted by molar-refractivity contribution is 0.251. The number of para-hydroxylation sites is 1. The molecule has 2 aromatic rings. The van der Waals surface area contributed by atoms with E-state index in [1.54, 1.807) is 14.0 Å². The number of nitrogens with zero attached hydrogens (tertiary/aromatic N) is 2. The molecular weight excluding hydrogens is 264 g/mol. The number of urea groups is 1. The summed E-state index contributed by atoms with van der Waals surface area (Å²) in [6, 6.07) is 7.21. The number of rotatable bonds is 4. The SMILES string of the molecule is COc1ccccc1CNC(=O)Nc1nc(C)ns1. The summed E-state index contributed by atoms with van der Waals surface area (Å²) in [5, 5.41) is 5.85. The van der Waals surface area contributed by atoms with Gasteiger partial charge in [0.05, 0.1) is 7.11 Å². The Balaban J connectivity index is 1.89. The number of carbonyl (C=O) groups is 1. The van der Waals surface area contributed by atoms with Gasteiger partial charge in [0, 0.05) is 23.6 Å². The Morgan fingerprint density at radius 1 is 1.42 bits per heavy atom. The molecule has 1 aromatic heterocycles. The predicted molar refractivity (Wildman–Crippen MR) is 73.5 cm³/mol. The molecule has 1 heterocycles. The van der Waals surface area contributed by atoms with Gasteiger partial charge in [-0.25, -0.2) is 9.78 Å². The number of nitrogens with one attached hydrogen (secondary N) is 2. The molecule has 0 aliphatic rings. The van der Waals surface area contributed by atoms with Crippen LogP contribution in [0.2, 0.25) is 0 Å². The number of anilines is 1. The lowest BCUT2D eigenvalue weighted by Crippen LogP contribution is -2.28. The molecule has 0 unspecified atom stereocenters. The molecule has 0 fully saturated rings. The Morgan fingerprint density at radius 2 is 2.21 bits per heavy atom. The van der Waals surface area contributed by atoms with Crippen molar-refractivity contribution in [2.24, 2.45) is 0 Å².